The molecule has 61 heavy (non-hydrogen) atoms. The van der Waals surface area contributed by atoms with Gasteiger partial charge < -0.3 is 24.9 Å². The molecule has 1 atom stereocenters. The molecule has 0 saturated heterocycles. The number of pyridine rings is 1. The van der Waals surface area contributed by atoms with Gasteiger partial charge in [0.1, 0.15) is 12.6 Å². The van der Waals surface area contributed by atoms with Crippen LogP contribution in [0.15, 0.2) is 142 Å². The van der Waals surface area contributed by atoms with E-state index in [0.717, 1.165) is 22.9 Å². The van der Waals surface area contributed by atoms with E-state index in [1.807, 2.05) is 30.3 Å². The molecule has 6 rings (SSSR count). The second kappa shape index (κ2) is 19.9. The van der Waals surface area contributed by atoms with Crippen LogP contribution in [0.3, 0.4) is 0 Å². The molecule has 0 aliphatic heterocycles. The summed E-state index contributed by atoms with van der Waals surface area (Å²) in [5, 5.41) is 17.5. The van der Waals surface area contributed by atoms with Crippen LogP contribution in [0.5, 0.6) is 0 Å². The summed E-state index contributed by atoms with van der Waals surface area (Å²) >= 11 is 0. The maximum atomic E-state index is 13.5. The highest BCUT2D eigenvalue weighted by atomic mass is 32.2. The SMILES string of the molecule is COC(=O)[C@H](CN(C=O)c1ccc2c(cnn2CCN=c2ccccn2O)c1)NS(=O)(=O)c1ccc(-c2ccc(S(=O)(=O)NCCNC(=O)OCc3ccccc3)cc2)cc1. The van der Waals surface area contributed by atoms with Crippen molar-refractivity contribution in [2.45, 2.75) is 29.0 Å². The number of benzene rings is 4. The number of carbonyl (C=O) groups is 3. The molecule has 4 aromatic carbocycles. The summed E-state index contributed by atoms with van der Waals surface area (Å²) in [4.78, 5) is 42.5. The molecular weight excluding hydrogens is 829 g/mol. The lowest BCUT2D eigenvalue weighted by atomic mass is 10.1. The van der Waals surface area contributed by atoms with E-state index >= 15 is 0 Å². The maximum absolute atomic E-state index is 13.5. The van der Waals surface area contributed by atoms with Crippen LogP contribution in [-0.4, -0.2) is 94.4 Å². The number of nitrogens with one attached hydrogen (secondary N) is 3. The number of sulfonamides is 2. The number of aromatic nitrogens is 3. The quantitative estimate of drug-likeness (QED) is 0.0400. The van der Waals surface area contributed by atoms with E-state index in [1.165, 1.54) is 47.5 Å². The molecule has 0 bridgehead atoms. The van der Waals surface area contributed by atoms with E-state index in [1.54, 1.807) is 59.4 Å². The van der Waals surface area contributed by atoms with Gasteiger partial charge in [-0.15, -0.1) is 0 Å². The monoisotopic (exact) mass is 870 g/mol. The number of amides is 2. The van der Waals surface area contributed by atoms with Gasteiger partial charge in [0.2, 0.25) is 26.5 Å². The van der Waals surface area contributed by atoms with Gasteiger partial charge in [0, 0.05) is 30.4 Å². The fourth-order valence-electron chi connectivity index (χ4n) is 6.07. The lowest BCUT2D eigenvalue weighted by molar-refractivity contribution is -0.142. The predicted octanol–water partition coefficient (Wildman–Crippen LogP) is 3.03. The maximum Gasteiger partial charge on any atom is 0.407 e. The number of nitrogens with zero attached hydrogens (tertiary/aromatic N) is 5. The summed E-state index contributed by atoms with van der Waals surface area (Å²) in [5.74, 6) is -0.922. The van der Waals surface area contributed by atoms with E-state index in [9.17, 15) is 36.4 Å². The predicted molar refractivity (Wildman–Crippen MR) is 223 cm³/mol. The molecule has 0 saturated carbocycles. The summed E-state index contributed by atoms with van der Waals surface area (Å²) in [6.45, 7) is 0.317. The Balaban J connectivity index is 1.04. The Bertz CT molecular complexity index is 2760. The minimum atomic E-state index is -4.33. The number of anilines is 1. The lowest BCUT2D eigenvalue weighted by Gasteiger charge is -2.24. The van der Waals surface area contributed by atoms with E-state index in [0.29, 0.717) is 47.2 Å². The van der Waals surface area contributed by atoms with Gasteiger partial charge in [0.25, 0.3) is 0 Å². The fraction of sp³-hybridized carbons (Fsp3) is 0.195. The standard InChI is InChI=1S/C41H42N8O10S2/c1-58-40(51)37(27-47(29-50)34-14-19-38-33(25-34)26-44-48(38)24-22-42-39-9-5-6-23-49(39)53)46-61(56,57)36-17-12-32(13-18-36)31-10-15-35(16-11-31)60(54,55)45-21-20-43-41(52)59-28-30-7-3-2-4-8-30/h2-19,23,25-26,29,37,45-46,53H,20-22,24,27-28H2,1H3,(H,43,52)/t37-/m0/s1. The first kappa shape index (κ1) is 43.7. The van der Waals surface area contributed by atoms with Gasteiger partial charge in [-0.1, -0.05) is 60.7 Å². The Kier molecular flexibility index (Phi) is 14.3. The molecule has 0 fully saturated rings. The van der Waals surface area contributed by atoms with Crippen molar-refractivity contribution in [2.75, 3.05) is 38.2 Å². The molecule has 0 aliphatic carbocycles. The number of hydrogen-bond donors (Lipinski definition) is 4. The van der Waals surface area contributed by atoms with Crippen LogP contribution < -0.4 is 25.1 Å². The van der Waals surface area contributed by atoms with Gasteiger partial charge >= 0.3 is 12.1 Å². The number of esters is 1. The highest BCUT2D eigenvalue weighted by Crippen LogP contribution is 2.25. The third-order valence-corrected chi connectivity index (χ3v) is 12.2. The van der Waals surface area contributed by atoms with Crippen LogP contribution in [0.4, 0.5) is 10.5 Å². The number of ether oxygens (including phenoxy) is 2. The van der Waals surface area contributed by atoms with Crippen LogP contribution in [0, 0.1) is 0 Å². The van der Waals surface area contributed by atoms with Gasteiger partial charge in [0.15, 0.2) is 5.49 Å². The van der Waals surface area contributed by atoms with Crippen molar-refractivity contribution in [1.82, 2.24) is 29.3 Å². The zero-order valence-corrected chi connectivity index (χ0v) is 34.3. The first-order valence-electron chi connectivity index (χ1n) is 18.7. The Morgan fingerprint density at radius 2 is 1.54 bits per heavy atom. The number of rotatable bonds is 19. The van der Waals surface area contributed by atoms with E-state index in [4.69, 9.17) is 9.47 Å². The first-order chi connectivity index (χ1) is 29.4. The third-order valence-electron chi connectivity index (χ3n) is 9.21. The molecule has 6 aromatic rings. The summed E-state index contributed by atoms with van der Waals surface area (Å²) in [7, 11) is -7.14. The first-order valence-corrected chi connectivity index (χ1v) is 21.6. The van der Waals surface area contributed by atoms with Crippen molar-refractivity contribution >= 4 is 55.1 Å². The molecule has 4 N–H and O–H groups in total. The molecule has 0 radical (unpaired) electrons. The molecule has 2 heterocycles. The average Bonchev–Trinajstić information content (AvgIpc) is 3.68. The number of carbonyl (C=O) groups excluding carboxylic acids is 3. The van der Waals surface area contributed by atoms with Crippen LogP contribution in [0.2, 0.25) is 0 Å². The van der Waals surface area contributed by atoms with Crippen molar-refractivity contribution in [3.8, 4) is 11.1 Å². The number of alkyl carbamates (subject to hydrolysis) is 1. The summed E-state index contributed by atoms with van der Waals surface area (Å²) in [5.41, 5.74) is 3.48. The van der Waals surface area contributed by atoms with Crippen molar-refractivity contribution in [1.29, 1.82) is 0 Å². The topological polar surface area (TPSA) is 233 Å². The number of methoxy groups -OCH3 is 1. The molecule has 0 aliphatic rings. The van der Waals surface area contributed by atoms with Gasteiger partial charge in [0.05, 0.1) is 48.2 Å². The summed E-state index contributed by atoms with van der Waals surface area (Å²) in [6.07, 6.45) is 2.86. The van der Waals surface area contributed by atoms with Crippen molar-refractivity contribution < 1.29 is 45.9 Å². The molecule has 0 unspecified atom stereocenters. The molecule has 20 heteroatoms. The molecule has 318 valence electrons. The Labute approximate surface area is 351 Å². The van der Waals surface area contributed by atoms with Gasteiger partial charge in [-0.05, 0) is 71.3 Å². The molecular formula is C41H42N8O10S2. The zero-order chi connectivity index (χ0) is 43.4. The minimum absolute atomic E-state index is 0.00360. The van der Waals surface area contributed by atoms with E-state index < -0.39 is 44.7 Å². The van der Waals surface area contributed by atoms with Crippen LogP contribution in [-0.2, 0) is 52.3 Å². The Morgan fingerprint density at radius 1 is 0.869 bits per heavy atom. The van der Waals surface area contributed by atoms with Gasteiger partial charge in [-0.3, -0.25) is 19.3 Å². The van der Waals surface area contributed by atoms with Crippen LogP contribution >= 0.6 is 0 Å². The molecule has 2 amide bonds. The highest BCUT2D eigenvalue weighted by molar-refractivity contribution is 7.89. The average molecular weight is 871 g/mol. The molecule has 18 nitrogen and oxygen atoms in total. The van der Waals surface area contributed by atoms with Crippen LogP contribution in [0.25, 0.3) is 22.0 Å². The smallest absolute Gasteiger partial charge is 0.407 e. The molecule has 0 spiro atoms. The number of fused-ring (bicyclic) bond motifs is 1. The Morgan fingerprint density at radius 3 is 2.20 bits per heavy atom. The van der Waals surface area contributed by atoms with Gasteiger partial charge in [-0.2, -0.15) is 14.6 Å². The third kappa shape index (κ3) is 11.5. The number of hydrogen-bond acceptors (Lipinski definition) is 12. The Hall–Kier alpha value is -6.87. The van der Waals surface area contributed by atoms with Crippen LogP contribution in [0.1, 0.15) is 5.56 Å². The normalized spacial score (nSPS) is 12.4. The van der Waals surface area contributed by atoms with E-state index in [2.05, 4.69) is 24.9 Å². The van der Waals surface area contributed by atoms with Gasteiger partial charge in [-0.25, -0.2) is 26.4 Å². The highest BCUT2D eigenvalue weighted by Gasteiger charge is 2.29. The fourth-order valence-corrected chi connectivity index (χ4v) is 8.27. The molecule has 2 aromatic heterocycles. The van der Waals surface area contributed by atoms with Crippen molar-refractivity contribution in [2.24, 2.45) is 4.99 Å². The largest absolute Gasteiger partial charge is 0.468 e. The zero-order valence-electron chi connectivity index (χ0n) is 32.7. The van der Waals surface area contributed by atoms with Crippen molar-refractivity contribution in [3.63, 3.8) is 0 Å². The lowest BCUT2D eigenvalue weighted by Crippen LogP contribution is -2.48. The second-order valence-electron chi connectivity index (χ2n) is 13.3. The minimum Gasteiger partial charge on any atom is -0.468 e. The van der Waals surface area contributed by atoms with E-state index in [-0.39, 0.29) is 29.5 Å². The summed E-state index contributed by atoms with van der Waals surface area (Å²) in [6, 6.07) is 29.4. The summed E-state index contributed by atoms with van der Waals surface area (Å²) < 4.78 is 70.1. The van der Waals surface area contributed by atoms with Crippen molar-refractivity contribution in [3.05, 3.63) is 139 Å². The second-order valence-corrected chi connectivity index (χ2v) is 16.8.